The Morgan fingerprint density at radius 1 is 1.18 bits per heavy atom. The van der Waals surface area contributed by atoms with Crippen molar-refractivity contribution in [2.24, 2.45) is 17.3 Å². The van der Waals surface area contributed by atoms with E-state index in [9.17, 15) is 18.0 Å². The van der Waals surface area contributed by atoms with Crippen LogP contribution < -0.4 is 14.4 Å². The number of amides is 1. The first-order chi connectivity index (χ1) is 21.3. The number of halogens is 3. The highest BCUT2D eigenvalue weighted by molar-refractivity contribution is 8.13. The van der Waals surface area contributed by atoms with Gasteiger partial charge in [-0.1, -0.05) is 55.6 Å². The Morgan fingerprint density at radius 2 is 1.91 bits per heavy atom. The number of carbonyl (C=O) groups is 1. The highest BCUT2D eigenvalue weighted by Crippen LogP contribution is 2.53. The third-order valence-corrected chi connectivity index (χ3v) is 11.4. The first-order valence-corrected chi connectivity index (χ1v) is 17.0. The van der Waals surface area contributed by atoms with Gasteiger partial charge in [-0.2, -0.15) is 13.2 Å². The summed E-state index contributed by atoms with van der Waals surface area (Å²) in [5.74, 6) is 1.84. The molecule has 3 atom stereocenters. The van der Waals surface area contributed by atoms with E-state index in [1.165, 1.54) is 4.68 Å². The van der Waals surface area contributed by atoms with Gasteiger partial charge in [-0.3, -0.25) is 9.52 Å². The van der Waals surface area contributed by atoms with Crippen molar-refractivity contribution in [3.63, 3.8) is 0 Å². The first-order valence-electron chi connectivity index (χ1n) is 15.7. The molecule has 11 heteroatoms. The molecule has 1 N–H and O–H groups in total. The van der Waals surface area contributed by atoms with Crippen LogP contribution >= 0.6 is 10.7 Å². The number of pyridine rings is 1. The molecule has 45 heavy (non-hydrogen) atoms. The van der Waals surface area contributed by atoms with Gasteiger partial charge in [0.15, 0.2) is 5.82 Å². The monoisotopic (exact) mass is 643 g/mol. The fraction of sp³-hybridized carbons (Fsp3) is 0.529. The predicted molar refractivity (Wildman–Crippen MR) is 174 cm³/mol. The van der Waals surface area contributed by atoms with Gasteiger partial charge in [0.05, 0.1) is 5.56 Å². The summed E-state index contributed by atoms with van der Waals surface area (Å²) in [7, 11) is -0.619. The van der Waals surface area contributed by atoms with Gasteiger partial charge in [-0.15, -0.1) is 5.10 Å². The molecule has 1 saturated carbocycles. The minimum Gasteiger partial charge on any atom is -0.476 e. The molecule has 3 heterocycles. The van der Waals surface area contributed by atoms with Crippen molar-refractivity contribution in [2.75, 3.05) is 18.1 Å². The number of nitrogens with zero attached hydrogens (tertiary/aromatic N) is 4. The Labute approximate surface area is 266 Å². The van der Waals surface area contributed by atoms with Crippen molar-refractivity contribution in [3.8, 4) is 11.7 Å². The van der Waals surface area contributed by atoms with Crippen LogP contribution in [0.3, 0.4) is 0 Å². The van der Waals surface area contributed by atoms with E-state index >= 15 is 0 Å². The summed E-state index contributed by atoms with van der Waals surface area (Å²) < 4.78 is 51.3. The molecule has 1 aromatic carbocycles. The summed E-state index contributed by atoms with van der Waals surface area (Å²) in [6.07, 6.45) is 0.0124. The second kappa shape index (κ2) is 12.8. The zero-order valence-electron chi connectivity index (χ0n) is 26.9. The Kier molecular flexibility index (Phi) is 9.40. The summed E-state index contributed by atoms with van der Waals surface area (Å²) in [5, 5.41) is 6.41. The van der Waals surface area contributed by atoms with Crippen molar-refractivity contribution >= 4 is 27.8 Å². The van der Waals surface area contributed by atoms with Crippen LogP contribution in [-0.4, -0.2) is 50.9 Å². The van der Waals surface area contributed by atoms with Gasteiger partial charge in [0.2, 0.25) is 5.88 Å². The van der Waals surface area contributed by atoms with Crippen molar-refractivity contribution < 1.29 is 22.7 Å². The lowest BCUT2D eigenvalue weighted by molar-refractivity contribution is -0.259. The van der Waals surface area contributed by atoms with E-state index in [2.05, 4.69) is 42.4 Å². The van der Waals surface area contributed by atoms with Crippen LogP contribution in [-0.2, 0) is 0 Å². The Morgan fingerprint density at radius 3 is 2.53 bits per heavy atom. The van der Waals surface area contributed by atoms with Crippen molar-refractivity contribution in [1.82, 2.24) is 19.5 Å². The van der Waals surface area contributed by atoms with Gasteiger partial charge in [0, 0.05) is 29.2 Å². The van der Waals surface area contributed by atoms with Crippen molar-refractivity contribution in [2.45, 2.75) is 90.3 Å². The molecule has 0 bridgehead atoms. The summed E-state index contributed by atoms with van der Waals surface area (Å²) in [4.78, 5) is 22.3. The molecular weight excluding hydrogens is 599 g/mol. The smallest absolute Gasteiger partial charge is 0.397 e. The Hall–Kier alpha value is -3.34. The average Bonchev–Trinajstić information content (AvgIpc) is 3.44. The molecule has 0 radical (unpaired) electrons. The molecule has 2 aliphatic rings. The number of carbonyl (C=O) groups excluding carboxylic acids is 1. The molecule has 2 fully saturated rings. The van der Waals surface area contributed by atoms with Crippen LogP contribution in [0.4, 0.5) is 19.0 Å². The molecule has 244 valence electrons. The maximum Gasteiger partial charge on any atom is 0.397 e. The number of benzene rings is 1. The highest BCUT2D eigenvalue weighted by atomic mass is 32.2. The number of hydrogen-bond acceptors (Lipinski definition) is 5. The number of piperidine rings is 1. The Bertz CT molecular complexity index is 1560. The van der Waals surface area contributed by atoms with E-state index in [1.54, 1.807) is 24.4 Å². The molecular formula is C34H44F3N5O2S. The molecule has 1 aliphatic carbocycles. The Balaban J connectivity index is 1.48. The van der Waals surface area contributed by atoms with Gasteiger partial charge < -0.3 is 9.64 Å². The third kappa shape index (κ3) is 6.64. The fourth-order valence-electron chi connectivity index (χ4n) is 6.54. The predicted octanol–water partition coefficient (Wildman–Crippen LogP) is 8.13. The number of rotatable bonds is 9. The van der Waals surface area contributed by atoms with Crippen LogP contribution in [0.2, 0.25) is 0 Å². The number of aromatic nitrogens is 3. The van der Waals surface area contributed by atoms with Crippen LogP contribution in [0, 0.1) is 24.2 Å². The number of nitrogens with one attached hydrogen (secondary N) is 1. The minimum absolute atomic E-state index is 0.0651. The van der Waals surface area contributed by atoms with Crippen LogP contribution in [0.1, 0.15) is 82.6 Å². The molecule has 3 aromatic rings. The first kappa shape index (κ1) is 33.0. The van der Waals surface area contributed by atoms with Crippen molar-refractivity contribution in [1.29, 1.82) is 0 Å². The van der Waals surface area contributed by atoms with Crippen LogP contribution in [0.5, 0.6) is 5.88 Å². The molecule has 0 spiro atoms. The normalized spacial score (nSPS) is 21.7. The van der Waals surface area contributed by atoms with Gasteiger partial charge in [-0.25, -0.2) is 9.67 Å². The number of aryl methyl sites for hydroxylation is 1. The van der Waals surface area contributed by atoms with Gasteiger partial charge in [-0.05, 0) is 87.9 Å². The molecule has 1 amide bonds. The van der Waals surface area contributed by atoms with Gasteiger partial charge in [0.1, 0.15) is 17.8 Å². The lowest BCUT2D eigenvalue weighted by Crippen LogP contribution is -2.54. The molecule has 1 saturated heterocycles. The topological polar surface area (TPSA) is 72.3 Å². The third-order valence-electron chi connectivity index (χ3n) is 9.63. The standard InChI is InChI=1S/C34H44F3N5O2S/c1-7-25-20-32(5,6)41(21-24(25)4)30-26(31(43)40-45(8-2)27-13-10-9-12-23(27)3)14-15-28(38-30)42-19-16-29(39-42)44-22-33(17-11-18-33)34(35,36)37/h8-10,12-16,19,24-25H,7,11,17-18,20-22H2,1-6H3,(H,40,43)/t24?,25-,45?/m0/s1. The number of ether oxygens (including phenoxy) is 1. The van der Waals surface area contributed by atoms with Gasteiger partial charge in [0.25, 0.3) is 5.91 Å². The molecule has 7 nitrogen and oxygen atoms in total. The van der Waals surface area contributed by atoms with E-state index in [1.807, 2.05) is 43.5 Å². The van der Waals surface area contributed by atoms with E-state index in [0.717, 1.165) is 29.8 Å². The lowest BCUT2D eigenvalue weighted by atomic mass is 9.69. The minimum atomic E-state index is -4.32. The quantitative estimate of drug-likeness (QED) is 0.239. The second-order valence-corrected chi connectivity index (χ2v) is 14.9. The zero-order valence-corrected chi connectivity index (χ0v) is 27.8. The lowest BCUT2D eigenvalue weighted by Gasteiger charge is -2.49. The van der Waals surface area contributed by atoms with Crippen LogP contribution in [0.25, 0.3) is 5.82 Å². The molecule has 5 rings (SSSR count). The van der Waals surface area contributed by atoms with E-state index in [4.69, 9.17) is 9.72 Å². The fourth-order valence-corrected chi connectivity index (χ4v) is 7.97. The van der Waals surface area contributed by atoms with E-state index in [-0.39, 0.29) is 30.2 Å². The largest absolute Gasteiger partial charge is 0.476 e. The maximum atomic E-state index is 14.0. The average molecular weight is 644 g/mol. The van der Waals surface area contributed by atoms with Gasteiger partial charge >= 0.3 is 6.18 Å². The number of alkyl halides is 3. The maximum absolute atomic E-state index is 14.0. The zero-order chi connectivity index (χ0) is 32.6. The van der Waals surface area contributed by atoms with Crippen molar-refractivity contribution in [3.05, 3.63) is 59.8 Å². The summed E-state index contributed by atoms with van der Waals surface area (Å²) in [5.41, 5.74) is -0.519. The van der Waals surface area contributed by atoms with E-state index < -0.39 is 28.9 Å². The molecule has 2 unspecified atom stereocenters. The second-order valence-electron chi connectivity index (χ2n) is 13.1. The molecule has 1 aliphatic heterocycles. The number of anilines is 1. The SMILES string of the molecule is C/C=S(/NC(=O)c1ccc(-n2ccc(OCC3(C(F)(F)F)CCC3)n2)nc1N1CC(C)[C@@H](CC)CC1(C)C)c1ccccc1C. The molecule has 2 aromatic heterocycles. The summed E-state index contributed by atoms with van der Waals surface area (Å²) in [6, 6.07) is 13.0. The highest BCUT2D eigenvalue weighted by Gasteiger charge is 2.59. The van der Waals surface area contributed by atoms with E-state index in [0.29, 0.717) is 35.5 Å². The summed E-state index contributed by atoms with van der Waals surface area (Å²) >= 11 is 0. The summed E-state index contributed by atoms with van der Waals surface area (Å²) in [6.45, 7) is 13.1. The number of hydrogen-bond donors (Lipinski definition) is 1. The van der Waals surface area contributed by atoms with Crippen LogP contribution in [0.15, 0.2) is 53.6 Å².